The molecule has 1 aliphatic heterocycles. The lowest BCUT2D eigenvalue weighted by Crippen LogP contribution is -2.54. The second-order valence-electron chi connectivity index (χ2n) is 4.76. The minimum Gasteiger partial charge on any atom is -0.382 e. The summed E-state index contributed by atoms with van der Waals surface area (Å²) in [6, 6.07) is 0.440. The molecule has 19 heavy (non-hydrogen) atoms. The Labute approximate surface area is 115 Å². The number of nitrogens with two attached hydrogens (primary N) is 1. The van der Waals surface area contributed by atoms with Gasteiger partial charge in [0.1, 0.15) is 6.61 Å². The van der Waals surface area contributed by atoms with Crippen molar-refractivity contribution < 1.29 is 14.3 Å². The predicted octanol–water partition coefficient (Wildman–Crippen LogP) is -0.469. The Hall–Kier alpha value is -0.690. The van der Waals surface area contributed by atoms with Crippen molar-refractivity contribution in [3.8, 4) is 0 Å². The van der Waals surface area contributed by atoms with E-state index in [1.165, 1.54) is 0 Å². The van der Waals surface area contributed by atoms with Crippen LogP contribution in [0.3, 0.4) is 0 Å². The van der Waals surface area contributed by atoms with Crippen LogP contribution < -0.4 is 5.73 Å². The van der Waals surface area contributed by atoms with Crippen molar-refractivity contribution in [3.05, 3.63) is 0 Å². The maximum atomic E-state index is 11.9. The first-order valence-corrected chi connectivity index (χ1v) is 7.01. The Balaban J connectivity index is 2.23. The third kappa shape index (κ3) is 5.44. The van der Waals surface area contributed by atoms with Crippen LogP contribution in [0.2, 0.25) is 0 Å². The number of carbonyl (C=O) groups is 1. The molecule has 112 valence electrons. The molecule has 2 N–H and O–H groups in total. The Morgan fingerprint density at radius 3 is 2.47 bits per heavy atom. The molecule has 1 amide bonds. The highest BCUT2D eigenvalue weighted by Crippen LogP contribution is 2.08. The molecule has 0 saturated carbocycles. The summed E-state index contributed by atoms with van der Waals surface area (Å²) in [6.45, 7) is 7.31. The second-order valence-corrected chi connectivity index (χ2v) is 4.76. The van der Waals surface area contributed by atoms with Crippen LogP contribution >= 0.6 is 0 Å². The van der Waals surface area contributed by atoms with E-state index in [4.69, 9.17) is 15.2 Å². The molecule has 1 unspecified atom stereocenters. The molecular weight excluding hydrogens is 246 g/mol. The number of rotatable bonds is 8. The van der Waals surface area contributed by atoms with Gasteiger partial charge in [0.2, 0.25) is 5.91 Å². The van der Waals surface area contributed by atoms with E-state index in [9.17, 15) is 4.79 Å². The average molecular weight is 273 g/mol. The summed E-state index contributed by atoms with van der Waals surface area (Å²) in [5.41, 5.74) is 5.75. The monoisotopic (exact) mass is 273 g/mol. The first kappa shape index (κ1) is 16.4. The van der Waals surface area contributed by atoms with Gasteiger partial charge < -0.3 is 20.1 Å². The van der Waals surface area contributed by atoms with Crippen LogP contribution in [-0.4, -0.2) is 81.4 Å². The second kappa shape index (κ2) is 9.25. The summed E-state index contributed by atoms with van der Waals surface area (Å²) < 4.78 is 10.1. The lowest BCUT2D eigenvalue weighted by atomic mass is 10.1. The molecule has 0 aromatic heterocycles. The summed E-state index contributed by atoms with van der Waals surface area (Å²) in [5.74, 6) is 0.0663. The highest BCUT2D eigenvalue weighted by atomic mass is 16.5. The van der Waals surface area contributed by atoms with Crippen LogP contribution in [0, 0.1) is 0 Å². The Morgan fingerprint density at radius 2 is 1.95 bits per heavy atom. The molecular formula is C13H27N3O3. The van der Waals surface area contributed by atoms with Gasteiger partial charge in [-0.1, -0.05) is 6.92 Å². The summed E-state index contributed by atoms with van der Waals surface area (Å²) in [6.07, 6.45) is 1.06. The molecule has 6 nitrogen and oxygen atoms in total. The fourth-order valence-electron chi connectivity index (χ4n) is 2.30. The van der Waals surface area contributed by atoms with Crippen molar-refractivity contribution in [1.82, 2.24) is 9.80 Å². The minimum absolute atomic E-state index is 0.0663. The zero-order chi connectivity index (χ0) is 14.1. The predicted molar refractivity (Wildman–Crippen MR) is 74.0 cm³/mol. The first-order valence-electron chi connectivity index (χ1n) is 7.01. The van der Waals surface area contributed by atoms with Crippen LogP contribution in [0.15, 0.2) is 0 Å². The number of nitrogens with zero attached hydrogens (tertiary/aromatic N) is 2. The van der Waals surface area contributed by atoms with E-state index in [0.29, 0.717) is 25.8 Å². The zero-order valence-corrected chi connectivity index (χ0v) is 12.1. The van der Waals surface area contributed by atoms with Gasteiger partial charge in [-0.15, -0.1) is 0 Å². The van der Waals surface area contributed by atoms with Gasteiger partial charge in [-0.05, 0) is 6.42 Å². The molecule has 6 heteroatoms. The third-order valence-electron chi connectivity index (χ3n) is 3.58. The number of amides is 1. The minimum atomic E-state index is 0.0663. The quantitative estimate of drug-likeness (QED) is 0.606. The van der Waals surface area contributed by atoms with Crippen molar-refractivity contribution in [2.75, 3.05) is 59.7 Å². The van der Waals surface area contributed by atoms with Gasteiger partial charge in [-0.2, -0.15) is 0 Å². The Kier molecular flexibility index (Phi) is 7.97. The Bertz CT molecular complexity index is 252. The molecule has 0 aromatic carbocycles. The van der Waals surface area contributed by atoms with E-state index >= 15 is 0 Å². The maximum absolute atomic E-state index is 11.9. The maximum Gasteiger partial charge on any atom is 0.248 e. The van der Waals surface area contributed by atoms with Crippen LogP contribution in [-0.2, 0) is 14.3 Å². The van der Waals surface area contributed by atoms with Crippen LogP contribution in [0.4, 0.5) is 0 Å². The van der Waals surface area contributed by atoms with E-state index in [1.807, 2.05) is 4.90 Å². The van der Waals surface area contributed by atoms with Gasteiger partial charge >= 0.3 is 0 Å². The SMILES string of the molecule is CCC(CN)N1CCN(C(=O)COCCOC)CC1. The van der Waals surface area contributed by atoms with E-state index in [2.05, 4.69) is 11.8 Å². The fraction of sp³-hybridized carbons (Fsp3) is 0.923. The van der Waals surface area contributed by atoms with Crippen molar-refractivity contribution >= 4 is 5.91 Å². The summed E-state index contributed by atoms with van der Waals surface area (Å²) in [7, 11) is 1.62. The molecule has 0 radical (unpaired) electrons. The first-order chi connectivity index (χ1) is 9.22. The molecule has 1 fully saturated rings. The van der Waals surface area contributed by atoms with Gasteiger partial charge in [0.15, 0.2) is 0 Å². The molecule has 1 atom stereocenters. The van der Waals surface area contributed by atoms with Crippen molar-refractivity contribution in [1.29, 1.82) is 0 Å². The summed E-state index contributed by atoms with van der Waals surface area (Å²) >= 11 is 0. The van der Waals surface area contributed by atoms with E-state index in [-0.39, 0.29) is 12.5 Å². The van der Waals surface area contributed by atoms with Gasteiger partial charge in [-0.3, -0.25) is 9.69 Å². The lowest BCUT2D eigenvalue weighted by Gasteiger charge is -2.38. The topological polar surface area (TPSA) is 68.0 Å². The molecule has 0 aliphatic carbocycles. The highest BCUT2D eigenvalue weighted by Gasteiger charge is 2.24. The van der Waals surface area contributed by atoms with Crippen LogP contribution in [0.25, 0.3) is 0 Å². The van der Waals surface area contributed by atoms with Gasteiger partial charge in [0.25, 0.3) is 0 Å². The summed E-state index contributed by atoms with van der Waals surface area (Å²) in [4.78, 5) is 16.1. The van der Waals surface area contributed by atoms with Crippen molar-refractivity contribution in [2.45, 2.75) is 19.4 Å². The van der Waals surface area contributed by atoms with E-state index in [1.54, 1.807) is 7.11 Å². The average Bonchev–Trinajstić information content (AvgIpc) is 2.45. The van der Waals surface area contributed by atoms with Crippen molar-refractivity contribution in [2.24, 2.45) is 5.73 Å². The molecule has 1 rings (SSSR count). The molecule has 1 heterocycles. The highest BCUT2D eigenvalue weighted by molar-refractivity contribution is 5.77. The largest absolute Gasteiger partial charge is 0.382 e. The summed E-state index contributed by atoms with van der Waals surface area (Å²) in [5, 5.41) is 0. The van der Waals surface area contributed by atoms with Gasteiger partial charge in [0.05, 0.1) is 13.2 Å². The number of hydrogen-bond donors (Lipinski definition) is 1. The number of hydrogen-bond acceptors (Lipinski definition) is 5. The standard InChI is InChI=1S/C13H27N3O3/c1-3-12(10-14)15-4-6-16(7-5-15)13(17)11-19-9-8-18-2/h12H,3-11,14H2,1-2H3. The number of carbonyl (C=O) groups excluding carboxylic acids is 1. The molecule has 1 aliphatic rings. The molecule has 0 bridgehead atoms. The zero-order valence-electron chi connectivity index (χ0n) is 12.1. The van der Waals surface area contributed by atoms with Crippen LogP contribution in [0.1, 0.15) is 13.3 Å². The number of ether oxygens (including phenoxy) is 2. The molecule has 1 saturated heterocycles. The fourth-order valence-corrected chi connectivity index (χ4v) is 2.30. The van der Waals surface area contributed by atoms with E-state index in [0.717, 1.165) is 32.6 Å². The molecule has 0 aromatic rings. The van der Waals surface area contributed by atoms with Crippen LogP contribution in [0.5, 0.6) is 0 Å². The number of piperazine rings is 1. The van der Waals surface area contributed by atoms with E-state index < -0.39 is 0 Å². The van der Waals surface area contributed by atoms with Gasteiger partial charge in [-0.25, -0.2) is 0 Å². The number of methoxy groups -OCH3 is 1. The van der Waals surface area contributed by atoms with Crippen molar-refractivity contribution in [3.63, 3.8) is 0 Å². The smallest absolute Gasteiger partial charge is 0.248 e. The normalized spacial score (nSPS) is 18.6. The van der Waals surface area contributed by atoms with Gasteiger partial charge in [0, 0.05) is 45.9 Å². The Morgan fingerprint density at radius 1 is 1.26 bits per heavy atom. The molecule has 0 spiro atoms. The lowest BCUT2D eigenvalue weighted by molar-refractivity contribution is -0.138. The third-order valence-corrected chi connectivity index (χ3v) is 3.58.